The monoisotopic (exact) mass is 240 g/mol. The summed E-state index contributed by atoms with van der Waals surface area (Å²) in [5.74, 6) is 0.699. The van der Waals surface area contributed by atoms with Gasteiger partial charge >= 0.3 is 0 Å². The molecule has 0 N–H and O–H groups in total. The van der Waals surface area contributed by atoms with Crippen LogP contribution in [0.15, 0.2) is 29.2 Å². The lowest BCUT2D eigenvalue weighted by Crippen LogP contribution is -1.89. The summed E-state index contributed by atoms with van der Waals surface area (Å²) >= 11 is 18.5. The number of thioether (sulfide) groups is 1. The smallest absolute Gasteiger partial charge is 0.117 e. The summed E-state index contributed by atoms with van der Waals surface area (Å²) in [4.78, 5) is 0.816. The lowest BCUT2D eigenvalue weighted by molar-refractivity contribution is 1.38. The van der Waals surface area contributed by atoms with Crippen molar-refractivity contribution in [2.24, 2.45) is 0 Å². The lowest BCUT2D eigenvalue weighted by atomic mass is 10.4. The fourth-order valence-corrected chi connectivity index (χ4v) is 1.84. The van der Waals surface area contributed by atoms with E-state index in [1.54, 1.807) is 11.8 Å². The van der Waals surface area contributed by atoms with Crippen LogP contribution in [0.2, 0.25) is 5.02 Å². The first-order valence-electron chi connectivity index (χ1n) is 3.35. The van der Waals surface area contributed by atoms with Gasteiger partial charge in [-0.25, -0.2) is 0 Å². The van der Waals surface area contributed by atoms with Gasteiger partial charge in [-0.05, 0) is 24.3 Å². The van der Waals surface area contributed by atoms with Crippen molar-refractivity contribution in [2.75, 3.05) is 5.75 Å². The minimum atomic E-state index is -0.314. The molecule has 0 spiro atoms. The number of hydrogen-bond donors (Lipinski definition) is 0. The zero-order chi connectivity index (χ0) is 8.97. The highest BCUT2D eigenvalue weighted by atomic mass is 35.5. The summed E-state index contributed by atoms with van der Waals surface area (Å²) in [7, 11) is 0. The average Bonchev–Trinajstić information content (AvgIpc) is 2.03. The van der Waals surface area contributed by atoms with E-state index in [1.807, 2.05) is 24.3 Å². The van der Waals surface area contributed by atoms with E-state index in [0.29, 0.717) is 5.75 Å². The molecule has 1 rings (SSSR count). The highest BCUT2D eigenvalue weighted by molar-refractivity contribution is 7.99. The molecule has 4 heteroatoms. The van der Waals surface area contributed by atoms with Crippen LogP contribution in [0.1, 0.15) is 0 Å². The van der Waals surface area contributed by atoms with Crippen molar-refractivity contribution in [3.8, 4) is 0 Å². The Labute approximate surface area is 91.2 Å². The number of alkyl halides is 2. The van der Waals surface area contributed by atoms with Gasteiger partial charge in [-0.3, -0.25) is 0 Å². The summed E-state index contributed by atoms with van der Waals surface area (Å²) in [6, 6.07) is 7.59. The Kier molecular flexibility index (Phi) is 4.59. The van der Waals surface area contributed by atoms with Gasteiger partial charge in [0.15, 0.2) is 0 Å². The minimum Gasteiger partial charge on any atom is -0.123 e. The molecule has 0 aliphatic carbocycles. The second-order valence-electron chi connectivity index (χ2n) is 2.16. The molecule has 0 aliphatic heterocycles. The van der Waals surface area contributed by atoms with Crippen LogP contribution in [0.5, 0.6) is 0 Å². The zero-order valence-electron chi connectivity index (χ0n) is 6.14. The normalized spacial score (nSPS) is 10.7. The maximum atomic E-state index is 5.71. The van der Waals surface area contributed by atoms with Crippen LogP contribution in [0.3, 0.4) is 0 Å². The lowest BCUT2D eigenvalue weighted by Gasteiger charge is -2.01. The van der Waals surface area contributed by atoms with Crippen molar-refractivity contribution in [3.05, 3.63) is 29.3 Å². The Balaban J connectivity index is 2.48. The van der Waals surface area contributed by atoms with Crippen molar-refractivity contribution < 1.29 is 0 Å². The number of benzene rings is 1. The molecule has 0 atom stereocenters. The number of rotatable bonds is 3. The van der Waals surface area contributed by atoms with Gasteiger partial charge in [-0.2, -0.15) is 0 Å². The van der Waals surface area contributed by atoms with Crippen molar-refractivity contribution in [1.29, 1.82) is 0 Å². The molecule has 0 saturated heterocycles. The molecule has 0 unspecified atom stereocenters. The molecule has 12 heavy (non-hydrogen) atoms. The second-order valence-corrected chi connectivity index (χ2v) is 4.96. The Morgan fingerprint density at radius 2 is 1.75 bits per heavy atom. The first kappa shape index (κ1) is 10.5. The molecule has 1 aromatic carbocycles. The first-order chi connectivity index (χ1) is 5.68. The molecule has 0 aromatic heterocycles. The van der Waals surface area contributed by atoms with Crippen LogP contribution < -0.4 is 0 Å². The van der Waals surface area contributed by atoms with Crippen LogP contribution in [-0.4, -0.2) is 10.6 Å². The molecule has 0 saturated carbocycles. The van der Waals surface area contributed by atoms with Gasteiger partial charge in [0.05, 0.1) is 0 Å². The van der Waals surface area contributed by atoms with E-state index in [1.165, 1.54) is 0 Å². The van der Waals surface area contributed by atoms with Crippen LogP contribution in [0.4, 0.5) is 0 Å². The van der Waals surface area contributed by atoms with Crippen LogP contribution >= 0.6 is 46.6 Å². The summed E-state index contributed by atoms with van der Waals surface area (Å²) in [6.07, 6.45) is 0. The largest absolute Gasteiger partial charge is 0.123 e. The predicted octanol–water partition coefficient (Wildman–Crippen LogP) is 4.24. The SMILES string of the molecule is Clc1ccc(SCC(Cl)Cl)cc1. The van der Waals surface area contributed by atoms with E-state index < -0.39 is 0 Å². The standard InChI is InChI=1S/C8H7Cl3S/c9-6-1-3-7(4-2-6)12-5-8(10)11/h1-4,8H,5H2. The van der Waals surface area contributed by atoms with Crippen LogP contribution in [0, 0.1) is 0 Å². The van der Waals surface area contributed by atoms with Gasteiger partial charge in [-0.1, -0.05) is 11.6 Å². The van der Waals surface area contributed by atoms with Gasteiger partial charge in [0.2, 0.25) is 0 Å². The summed E-state index contributed by atoms with van der Waals surface area (Å²) in [6.45, 7) is 0. The molecule has 0 radical (unpaired) electrons. The van der Waals surface area contributed by atoms with Crippen molar-refractivity contribution in [2.45, 2.75) is 9.73 Å². The van der Waals surface area contributed by atoms with E-state index in [-0.39, 0.29) is 4.84 Å². The molecular formula is C8H7Cl3S. The van der Waals surface area contributed by atoms with Gasteiger partial charge in [0, 0.05) is 15.7 Å². The third kappa shape index (κ3) is 3.90. The molecule has 0 amide bonds. The van der Waals surface area contributed by atoms with E-state index in [4.69, 9.17) is 34.8 Å². The molecule has 0 aliphatic rings. The molecule has 0 heterocycles. The van der Waals surface area contributed by atoms with E-state index in [0.717, 1.165) is 9.92 Å². The summed E-state index contributed by atoms with van der Waals surface area (Å²) in [5.41, 5.74) is 0. The highest BCUT2D eigenvalue weighted by Gasteiger charge is 1.99. The van der Waals surface area contributed by atoms with Crippen LogP contribution in [0.25, 0.3) is 0 Å². The Bertz CT molecular complexity index is 233. The fraction of sp³-hybridized carbons (Fsp3) is 0.250. The third-order valence-corrected chi connectivity index (χ3v) is 3.22. The summed E-state index contributed by atoms with van der Waals surface area (Å²) in [5, 5.41) is 0.743. The minimum absolute atomic E-state index is 0.314. The number of halogens is 3. The van der Waals surface area contributed by atoms with Crippen molar-refractivity contribution in [1.82, 2.24) is 0 Å². The third-order valence-electron chi connectivity index (χ3n) is 1.19. The summed E-state index contributed by atoms with van der Waals surface area (Å²) < 4.78 is 0. The molecule has 0 bridgehead atoms. The fourth-order valence-electron chi connectivity index (χ4n) is 0.690. The predicted molar refractivity (Wildman–Crippen MR) is 57.7 cm³/mol. The van der Waals surface area contributed by atoms with E-state index in [2.05, 4.69) is 0 Å². The van der Waals surface area contributed by atoms with Gasteiger partial charge in [-0.15, -0.1) is 35.0 Å². The zero-order valence-corrected chi connectivity index (χ0v) is 9.22. The Morgan fingerprint density at radius 1 is 1.17 bits per heavy atom. The quantitative estimate of drug-likeness (QED) is 0.563. The molecule has 0 fully saturated rings. The Morgan fingerprint density at radius 3 is 2.25 bits per heavy atom. The molecular weight excluding hydrogens is 235 g/mol. The van der Waals surface area contributed by atoms with Gasteiger partial charge in [0.1, 0.15) is 4.84 Å². The molecule has 0 nitrogen and oxygen atoms in total. The molecule has 1 aromatic rings. The maximum Gasteiger partial charge on any atom is 0.117 e. The van der Waals surface area contributed by atoms with Crippen LogP contribution in [-0.2, 0) is 0 Å². The Hall–Kier alpha value is 0.440. The van der Waals surface area contributed by atoms with E-state index >= 15 is 0 Å². The number of hydrogen-bond acceptors (Lipinski definition) is 1. The topological polar surface area (TPSA) is 0 Å². The first-order valence-corrected chi connectivity index (χ1v) is 5.58. The molecule has 66 valence electrons. The second kappa shape index (κ2) is 5.23. The van der Waals surface area contributed by atoms with E-state index in [9.17, 15) is 0 Å². The van der Waals surface area contributed by atoms with Crippen molar-refractivity contribution in [3.63, 3.8) is 0 Å². The van der Waals surface area contributed by atoms with Gasteiger partial charge in [0.25, 0.3) is 0 Å². The van der Waals surface area contributed by atoms with Crippen molar-refractivity contribution >= 4 is 46.6 Å². The van der Waals surface area contributed by atoms with Gasteiger partial charge < -0.3 is 0 Å². The average molecular weight is 242 g/mol. The maximum absolute atomic E-state index is 5.71. The highest BCUT2D eigenvalue weighted by Crippen LogP contribution is 2.23.